The average Bonchev–Trinajstić information content (AvgIpc) is 2.44. The Morgan fingerprint density at radius 1 is 1.42 bits per heavy atom. The van der Waals surface area contributed by atoms with E-state index < -0.39 is 0 Å². The number of thioether (sulfide) groups is 1. The summed E-state index contributed by atoms with van der Waals surface area (Å²) in [4.78, 5) is 1.23. The zero-order valence-corrected chi connectivity index (χ0v) is 12.9. The lowest BCUT2D eigenvalue weighted by atomic mass is 9.97. The Morgan fingerprint density at radius 2 is 2.21 bits per heavy atom. The summed E-state index contributed by atoms with van der Waals surface area (Å²) < 4.78 is 5.21. The van der Waals surface area contributed by atoms with Gasteiger partial charge >= 0.3 is 0 Å². The van der Waals surface area contributed by atoms with Crippen LogP contribution in [0.15, 0.2) is 29.2 Å². The summed E-state index contributed by atoms with van der Waals surface area (Å²) in [5.41, 5.74) is -0.149. The van der Waals surface area contributed by atoms with E-state index in [0.717, 1.165) is 30.9 Å². The summed E-state index contributed by atoms with van der Waals surface area (Å²) >= 11 is 1.83. The molecule has 4 heteroatoms. The van der Waals surface area contributed by atoms with E-state index in [0.29, 0.717) is 0 Å². The Morgan fingerprint density at radius 3 is 2.84 bits per heavy atom. The number of ether oxygens (including phenoxy) is 1. The Kier molecular flexibility index (Phi) is 7.28. The molecule has 1 aromatic rings. The summed E-state index contributed by atoms with van der Waals surface area (Å²) in [5, 5.41) is 12.8. The molecule has 1 aromatic carbocycles. The molecule has 1 atom stereocenters. The zero-order chi connectivity index (χ0) is 14.1. The van der Waals surface area contributed by atoms with Crippen molar-refractivity contribution < 1.29 is 9.84 Å². The first-order valence-electron chi connectivity index (χ1n) is 6.76. The number of aliphatic hydroxyl groups is 1. The van der Waals surface area contributed by atoms with Crippen LogP contribution in [-0.4, -0.2) is 36.7 Å². The third kappa shape index (κ3) is 5.85. The minimum Gasteiger partial charge on any atom is -0.497 e. The lowest BCUT2D eigenvalue weighted by Gasteiger charge is -2.28. The number of aliphatic hydroxyl groups excluding tert-OH is 1. The van der Waals surface area contributed by atoms with E-state index in [9.17, 15) is 5.11 Å². The summed E-state index contributed by atoms with van der Waals surface area (Å²) in [6.07, 6.45) is 2.06. The lowest BCUT2D eigenvalue weighted by Crippen LogP contribution is -2.45. The molecule has 0 heterocycles. The molecule has 0 aliphatic heterocycles. The van der Waals surface area contributed by atoms with Gasteiger partial charge in [0.15, 0.2) is 0 Å². The van der Waals surface area contributed by atoms with Crippen molar-refractivity contribution in [3.05, 3.63) is 24.3 Å². The number of rotatable bonds is 9. The highest BCUT2D eigenvalue weighted by Gasteiger charge is 2.20. The van der Waals surface area contributed by atoms with Gasteiger partial charge in [-0.05, 0) is 50.3 Å². The fraction of sp³-hybridized carbons (Fsp3) is 0.600. The molecule has 2 N–H and O–H groups in total. The third-order valence-electron chi connectivity index (χ3n) is 3.14. The molecule has 0 aliphatic carbocycles. The molecule has 1 rings (SSSR count). The van der Waals surface area contributed by atoms with Crippen LogP contribution in [-0.2, 0) is 0 Å². The lowest BCUT2D eigenvalue weighted by molar-refractivity contribution is 0.167. The highest BCUT2D eigenvalue weighted by Crippen LogP contribution is 2.24. The van der Waals surface area contributed by atoms with Crippen LogP contribution < -0.4 is 10.1 Å². The van der Waals surface area contributed by atoms with Gasteiger partial charge in [0.1, 0.15) is 5.75 Å². The van der Waals surface area contributed by atoms with Crippen molar-refractivity contribution in [1.29, 1.82) is 0 Å². The van der Waals surface area contributed by atoms with Gasteiger partial charge in [-0.15, -0.1) is 11.8 Å². The van der Waals surface area contributed by atoms with Crippen molar-refractivity contribution >= 4 is 11.8 Å². The topological polar surface area (TPSA) is 41.5 Å². The van der Waals surface area contributed by atoms with E-state index in [1.165, 1.54) is 4.90 Å². The minimum absolute atomic E-state index is 0.149. The maximum atomic E-state index is 9.42. The highest BCUT2D eigenvalue weighted by atomic mass is 32.2. The summed E-state index contributed by atoms with van der Waals surface area (Å²) in [7, 11) is 1.69. The Labute approximate surface area is 120 Å². The van der Waals surface area contributed by atoms with Crippen LogP contribution in [0.25, 0.3) is 0 Å². The van der Waals surface area contributed by atoms with E-state index in [1.807, 2.05) is 23.9 Å². The molecule has 0 spiro atoms. The molecule has 0 saturated carbocycles. The van der Waals surface area contributed by atoms with Gasteiger partial charge in [-0.3, -0.25) is 0 Å². The summed E-state index contributed by atoms with van der Waals surface area (Å²) in [6, 6.07) is 8.12. The molecule has 0 saturated heterocycles. The molecule has 108 valence electrons. The van der Waals surface area contributed by atoms with Gasteiger partial charge in [-0.2, -0.15) is 0 Å². The van der Waals surface area contributed by atoms with E-state index in [1.54, 1.807) is 7.11 Å². The Balaban J connectivity index is 2.33. The van der Waals surface area contributed by atoms with Crippen molar-refractivity contribution in [3.63, 3.8) is 0 Å². The van der Waals surface area contributed by atoms with Crippen LogP contribution in [0.5, 0.6) is 5.75 Å². The predicted octanol–water partition coefficient (Wildman–Crippen LogP) is 2.93. The first kappa shape index (κ1) is 16.3. The molecule has 0 aromatic heterocycles. The SMILES string of the molecule is CCNC(C)(CO)CCCSc1cccc(OC)c1. The number of methoxy groups -OCH3 is 1. The van der Waals surface area contributed by atoms with E-state index >= 15 is 0 Å². The number of hydrogen-bond acceptors (Lipinski definition) is 4. The van der Waals surface area contributed by atoms with Gasteiger partial charge in [-0.25, -0.2) is 0 Å². The first-order valence-corrected chi connectivity index (χ1v) is 7.75. The maximum absolute atomic E-state index is 9.42. The van der Waals surface area contributed by atoms with Gasteiger partial charge in [0.25, 0.3) is 0 Å². The second-order valence-electron chi connectivity index (χ2n) is 4.88. The molecule has 0 amide bonds. The Hall–Kier alpha value is -0.710. The van der Waals surface area contributed by atoms with E-state index in [4.69, 9.17) is 4.74 Å². The normalized spacial score (nSPS) is 14.1. The van der Waals surface area contributed by atoms with Crippen LogP contribution in [0.1, 0.15) is 26.7 Å². The van der Waals surface area contributed by atoms with E-state index in [2.05, 4.69) is 31.3 Å². The van der Waals surface area contributed by atoms with Crippen LogP contribution in [0.3, 0.4) is 0 Å². The number of benzene rings is 1. The van der Waals surface area contributed by atoms with Gasteiger partial charge < -0.3 is 15.2 Å². The molecule has 1 unspecified atom stereocenters. The van der Waals surface area contributed by atoms with Gasteiger partial charge in [0.05, 0.1) is 13.7 Å². The quantitative estimate of drug-likeness (QED) is 0.540. The molecular weight excluding hydrogens is 258 g/mol. The number of hydrogen-bond donors (Lipinski definition) is 2. The van der Waals surface area contributed by atoms with Crippen molar-refractivity contribution in [2.24, 2.45) is 0 Å². The third-order valence-corrected chi connectivity index (χ3v) is 4.22. The highest BCUT2D eigenvalue weighted by molar-refractivity contribution is 7.99. The van der Waals surface area contributed by atoms with Crippen LogP contribution in [0.4, 0.5) is 0 Å². The van der Waals surface area contributed by atoms with Crippen LogP contribution >= 0.6 is 11.8 Å². The fourth-order valence-electron chi connectivity index (χ4n) is 1.99. The predicted molar refractivity (Wildman–Crippen MR) is 82.1 cm³/mol. The zero-order valence-electron chi connectivity index (χ0n) is 12.1. The summed E-state index contributed by atoms with van der Waals surface area (Å²) in [6.45, 7) is 5.22. The molecule has 0 bridgehead atoms. The van der Waals surface area contributed by atoms with Gasteiger partial charge in [-0.1, -0.05) is 13.0 Å². The average molecular weight is 283 g/mol. The van der Waals surface area contributed by atoms with Crippen molar-refractivity contribution in [2.75, 3.05) is 26.0 Å². The molecule has 0 fully saturated rings. The van der Waals surface area contributed by atoms with E-state index in [-0.39, 0.29) is 12.1 Å². The Bertz CT molecular complexity index is 373. The molecular formula is C15H25NO2S. The monoisotopic (exact) mass is 283 g/mol. The second kappa shape index (κ2) is 8.46. The van der Waals surface area contributed by atoms with Crippen LogP contribution in [0.2, 0.25) is 0 Å². The standard InChI is InChI=1S/C15H25NO2S/c1-4-16-15(2,12-17)9-6-10-19-14-8-5-7-13(11-14)18-3/h5,7-8,11,16-17H,4,6,9-10,12H2,1-3H3. The van der Waals surface area contributed by atoms with Crippen molar-refractivity contribution in [2.45, 2.75) is 37.1 Å². The van der Waals surface area contributed by atoms with Gasteiger partial charge in [0.2, 0.25) is 0 Å². The minimum atomic E-state index is -0.149. The number of nitrogens with one attached hydrogen (secondary N) is 1. The molecule has 0 radical (unpaired) electrons. The number of likely N-dealkylation sites (N-methyl/N-ethyl adjacent to an activating group) is 1. The second-order valence-corrected chi connectivity index (χ2v) is 6.05. The van der Waals surface area contributed by atoms with Crippen molar-refractivity contribution in [3.8, 4) is 5.75 Å². The maximum Gasteiger partial charge on any atom is 0.119 e. The summed E-state index contributed by atoms with van der Waals surface area (Å²) in [5.74, 6) is 1.95. The molecule has 0 aliphatic rings. The largest absolute Gasteiger partial charge is 0.497 e. The fourth-order valence-corrected chi connectivity index (χ4v) is 2.89. The first-order chi connectivity index (χ1) is 9.13. The smallest absolute Gasteiger partial charge is 0.119 e. The molecule has 19 heavy (non-hydrogen) atoms. The molecule has 3 nitrogen and oxygen atoms in total. The van der Waals surface area contributed by atoms with Gasteiger partial charge in [0, 0.05) is 10.4 Å². The van der Waals surface area contributed by atoms with Crippen LogP contribution in [0, 0.1) is 0 Å². The van der Waals surface area contributed by atoms with Crippen molar-refractivity contribution in [1.82, 2.24) is 5.32 Å².